The number of hydrogen-bond donors (Lipinski definition) is 14. The average molecular weight is 949 g/mol. The van der Waals surface area contributed by atoms with Crippen molar-refractivity contribution in [2.45, 2.75) is 123 Å². The van der Waals surface area contributed by atoms with E-state index >= 15 is 0 Å². The molecule has 14 N–H and O–H groups in total. The van der Waals surface area contributed by atoms with Crippen LogP contribution in [0.4, 0.5) is 0 Å². The second-order valence-electron chi connectivity index (χ2n) is 15.8. The normalized spacial score (nSPS) is 38.6. The molecule has 0 radical (unpaired) electrons. The Labute approximate surface area is 375 Å². The molecule has 2 aromatic carbocycles. The number of aliphatic hydroxyl groups is 11. The summed E-state index contributed by atoms with van der Waals surface area (Å²) in [4.78, 5) is 13.8. The van der Waals surface area contributed by atoms with Gasteiger partial charge in [0.2, 0.25) is 0 Å². The molecular weight excluding hydrogens is 892 g/mol. The summed E-state index contributed by atoms with van der Waals surface area (Å²) >= 11 is 0. The van der Waals surface area contributed by atoms with Crippen molar-refractivity contribution in [1.82, 2.24) is 0 Å². The smallest absolute Gasteiger partial charge is 0.331 e. The highest BCUT2D eigenvalue weighted by Gasteiger charge is 2.56. The van der Waals surface area contributed by atoms with E-state index in [1.165, 1.54) is 49.6 Å². The number of phenols is 3. The molecule has 66 heavy (non-hydrogen) atoms. The Morgan fingerprint density at radius 2 is 1.24 bits per heavy atom. The zero-order valence-electron chi connectivity index (χ0n) is 35.1. The SMILES string of the molecule is COc1cc(/C=C/C(=O)O[C@H]2[C@H](O[C@@H]3O[C@H](CO)[C@@H](O)[C@H](O)[C@H]3O)[C@@H](O[C@H]3OC[C@@H](O)[C@@H](O)[C@@H]3O)[C@H](OCCc3ccc(O)c(O)c3)O[C@@H]2CO[C@@H]2O[C@H](CO)[C@@H](O)[C@H](O)[C@H]2O)ccc1O. The first-order chi connectivity index (χ1) is 31.4. The predicted octanol–water partition coefficient (Wildman–Crippen LogP) is -5.45. The molecule has 4 aliphatic heterocycles. The first kappa shape index (κ1) is 51.5. The Morgan fingerprint density at radius 1 is 0.636 bits per heavy atom. The largest absolute Gasteiger partial charge is 0.504 e. The Morgan fingerprint density at radius 3 is 1.89 bits per heavy atom. The molecule has 25 heteroatoms. The lowest BCUT2D eigenvalue weighted by molar-refractivity contribution is -0.390. The first-order valence-electron chi connectivity index (χ1n) is 20.7. The molecule has 4 aliphatic rings. The summed E-state index contributed by atoms with van der Waals surface area (Å²) in [5, 5.41) is 146. The average Bonchev–Trinajstić information content (AvgIpc) is 3.30. The van der Waals surface area contributed by atoms with Gasteiger partial charge in [-0.2, -0.15) is 0 Å². The van der Waals surface area contributed by atoms with Crippen molar-refractivity contribution in [1.29, 1.82) is 0 Å². The predicted molar refractivity (Wildman–Crippen MR) is 213 cm³/mol. The molecule has 0 aliphatic carbocycles. The van der Waals surface area contributed by atoms with Crippen LogP contribution in [0.25, 0.3) is 6.08 Å². The number of aromatic hydroxyl groups is 3. The van der Waals surface area contributed by atoms with Gasteiger partial charge in [0.1, 0.15) is 85.5 Å². The Balaban J connectivity index is 1.41. The van der Waals surface area contributed by atoms with Crippen LogP contribution < -0.4 is 4.74 Å². The summed E-state index contributed by atoms with van der Waals surface area (Å²) in [6.07, 6.45) is -32.4. The van der Waals surface area contributed by atoms with Gasteiger partial charge >= 0.3 is 5.97 Å². The minimum Gasteiger partial charge on any atom is -0.504 e. The Kier molecular flexibility index (Phi) is 17.9. The highest BCUT2D eigenvalue weighted by Crippen LogP contribution is 2.36. The molecule has 2 aromatic rings. The van der Waals surface area contributed by atoms with Crippen LogP contribution in [0.1, 0.15) is 11.1 Å². The molecule has 0 aromatic heterocycles. The standard InChI is InChI=1S/C41H56O25/c1-57-22-11-16(3-6-19(22)45)4-7-26(48)64-35-25(15-60-38-33(55)30(52)28(50)23(12-42)61-38)63-41(58-9-8-17-2-5-18(44)20(46)10-17)37(66-39-32(54)27(49)21(47)14-59-39)36(35)65-40-34(56)31(53)29(51)24(13-43)62-40/h2-7,10-11,21,23-25,27-47,49-56H,8-9,12-15H2,1H3/b7-4+/t21-,23-,24-,25-,27-,28-,29-,30+,31+,32+,33-,34-,35-,36+,37-,38-,39-,40+,41-/m1/s1. The topological polar surface area (TPSA) is 393 Å². The minimum atomic E-state index is -2.09. The number of methoxy groups -OCH3 is 1. The molecule has 4 heterocycles. The van der Waals surface area contributed by atoms with Crippen LogP contribution in [0.15, 0.2) is 42.5 Å². The van der Waals surface area contributed by atoms with E-state index in [9.17, 15) is 76.3 Å². The van der Waals surface area contributed by atoms with E-state index < -0.39 is 161 Å². The zero-order valence-corrected chi connectivity index (χ0v) is 35.1. The van der Waals surface area contributed by atoms with Crippen molar-refractivity contribution in [2.75, 3.05) is 40.1 Å². The van der Waals surface area contributed by atoms with Crippen LogP contribution in [-0.2, 0) is 53.8 Å². The third-order valence-corrected chi connectivity index (χ3v) is 11.3. The van der Waals surface area contributed by atoms with Crippen LogP contribution in [0, 0.1) is 0 Å². The van der Waals surface area contributed by atoms with Gasteiger partial charge in [0.25, 0.3) is 0 Å². The highest BCUT2D eigenvalue weighted by atomic mass is 16.8. The first-order valence-corrected chi connectivity index (χ1v) is 20.7. The lowest BCUT2D eigenvalue weighted by Gasteiger charge is -2.49. The van der Waals surface area contributed by atoms with Crippen LogP contribution in [0.5, 0.6) is 23.0 Å². The van der Waals surface area contributed by atoms with Gasteiger partial charge in [0.15, 0.2) is 54.3 Å². The monoisotopic (exact) mass is 948 g/mol. The summed E-state index contributed by atoms with van der Waals surface area (Å²) < 4.78 is 58.4. The third kappa shape index (κ3) is 11.8. The van der Waals surface area contributed by atoms with E-state index in [0.717, 1.165) is 6.08 Å². The molecule has 4 saturated heterocycles. The van der Waals surface area contributed by atoms with Gasteiger partial charge in [-0.1, -0.05) is 12.1 Å². The number of aliphatic hydroxyl groups excluding tert-OH is 11. The van der Waals surface area contributed by atoms with Gasteiger partial charge in [-0.15, -0.1) is 0 Å². The van der Waals surface area contributed by atoms with E-state index in [-0.39, 0.29) is 24.5 Å². The number of ether oxygens (including phenoxy) is 10. The Bertz CT molecular complexity index is 1900. The number of carbonyl (C=O) groups excluding carboxylic acids is 1. The maximum atomic E-state index is 13.8. The summed E-state index contributed by atoms with van der Waals surface area (Å²) in [6.45, 7) is -3.40. The van der Waals surface area contributed by atoms with Crippen molar-refractivity contribution in [3.8, 4) is 23.0 Å². The number of rotatable bonds is 17. The molecule has 19 atom stereocenters. The van der Waals surface area contributed by atoms with E-state index in [2.05, 4.69) is 0 Å². The molecule has 6 rings (SSSR count). The van der Waals surface area contributed by atoms with Crippen molar-refractivity contribution < 1.29 is 124 Å². The van der Waals surface area contributed by atoms with E-state index in [4.69, 9.17) is 47.4 Å². The molecule has 0 saturated carbocycles. The van der Waals surface area contributed by atoms with Crippen molar-refractivity contribution in [2.24, 2.45) is 0 Å². The van der Waals surface area contributed by atoms with E-state index in [1.54, 1.807) is 0 Å². The molecule has 0 bridgehead atoms. The van der Waals surface area contributed by atoms with Crippen LogP contribution in [0.3, 0.4) is 0 Å². The fourth-order valence-electron chi connectivity index (χ4n) is 7.52. The minimum absolute atomic E-state index is 0.00338. The fourth-order valence-corrected chi connectivity index (χ4v) is 7.52. The van der Waals surface area contributed by atoms with Crippen LogP contribution >= 0.6 is 0 Å². The second-order valence-corrected chi connectivity index (χ2v) is 15.8. The number of esters is 1. The number of benzene rings is 2. The van der Waals surface area contributed by atoms with Gasteiger partial charge in [-0.25, -0.2) is 4.79 Å². The second kappa shape index (κ2) is 22.9. The molecular formula is C41H56O25. The zero-order chi connectivity index (χ0) is 48.0. The van der Waals surface area contributed by atoms with E-state index in [1.807, 2.05) is 0 Å². The van der Waals surface area contributed by atoms with Gasteiger partial charge in [0, 0.05) is 6.08 Å². The Hall–Kier alpha value is -3.91. The fraction of sp³-hybridized carbons (Fsp3) is 0.634. The van der Waals surface area contributed by atoms with Crippen molar-refractivity contribution in [3.63, 3.8) is 0 Å². The maximum Gasteiger partial charge on any atom is 0.331 e. The number of hydrogen-bond acceptors (Lipinski definition) is 25. The summed E-state index contributed by atoms with van der Waals surface area (Å²) in [6, 6.07) is 8.04. The van der Waals surface area contributed by atoms with Crippen LogP contribution in [0.2, 0.25) is 0 Å². The molecule has 0 unspecified atom stereocenters. The molecule has 4 fully saturated rings. The summed E-state index contributed by atoms with van der Waals surface area (Å²) in [7, 11) is 1.30. The molecule has 25 nitrogen and oxygen atoms in total. The lowest BCUT2D eigenvalue weighted by Crippen LogP contribution is -2.67. The van der Waals surface area contributed by atoms with Crippen molar-refractivity contribution in [3.05, 3.63) is 53.6 Å². The van der Waals surface area contributed by atoms with Gasteiger partial charge in [-0.3, -0.25) is 0 Å². The number of phenolic OH excluding ortho intramolecular Hbond substituents is 3. The van der Waals surface area contributed by atoms with Crippen LogP contribution in [-0.4, -0.2) is 234 Å². The van der Waals surface area contributed by atoms with E-state index in [0.29, 0.717) is 11.1 Å². The molecule has 370 valence electrons. The maximum absolute atomic E-state index is 13.8. The van der Waals surface area contributed by atoms with Gasteiger partial charge in [0.05, 0.1) is 40.1 Å². The van der Waals surface area contributed by atoms with Gasteiger partial charge < -0.3 is 119 Å². The number of carbonyl (C=O) groups is 1. The third-order valence-electron chi connectivity index (χ3n) is 11.3. The summed E-state index contributed by atoms with van der Waals surface area (Å²) in [5.74, 6) is -2.15. The van der Waals surface area contributed by atoms with Crippen molar-refractivity contribution >= 4 is 12.0 Å². The summed E-state index contributed by atoms with van der Waals surface area (Å²) in [5.41, 5.74) is 0.766. The lowest BCUT2D eigenvalue weighted by atomic mass is 9.96. The van der Waals surface area contributed by atoms with Gasteiger partial charge in [-0.05, 0) is 47.9 Å². The highest BCUT2D eigenvalue weighted by molar-refractivity contribution is 5.87. The quantitative estimate of drug-likeness (QED) is 0.0400. The molecule has 0 spiro atoms. The molecule has 0 amide bonds.